The summed E-state index contributed by atoms with van der Waals surface area (Å²) >= 11 is 0. The van der Waals surface area contributed by atoms with Crippen molar-refractivity contribution in [1.29, 1.82) is 0 Å². The van der Waals surface area contributed by atoms with E-state index in [4.69, 9.17) is 4.74 Å². The molecule has 0 saturated carbocycles. The summed E-state index contributed by atoms with van der Waals surface area (Å²) in [5, 5.41) is 18.0. The fraction of sp³-hybridized carbons (Fsp3) is 0.375. The molecule has 126 valence electrons. The van der Waals surface area contributed by atoms with Crippen LogP contribution in [0.2, 0.25) is 0 Å². The van der Waals surface area contributed by atoms with Crippen LogP contribution in [0.3, 0.4) is 0 Å². The topological polar surface area (TPSA) is 99.3 Å². The maximum Gasteiger partial charge on any atom is 0.272 e. The summed E-state index contributed by atoms with van der Waals surface area (Å²) in [6.45, 7) is 3.90. The molecule has 24 heavy (non-hydrogen) atoms. The van der Waals surface area contributed by atoms with Crippen molar-refractivity contribution in [2.75, 3.05) is 13.2 Å². The first kappa shape index (κ1) is 16.1. The zero-order valence-electron chi connectivity index (χ0n) is 13.3. The third kappa shape index (κ3) is 3.28. The number of carbonyl (C=O) groups excluding carboxylic acids is 1. The zero-order chi connectivity index (χ0) is 17.1. The first-order valence-electron chi connectivity index (χ1n) is 7.71. The molecule has 0 radical (unpaired) electrons. The van der Waals surface area contributed by atoms with Gasteiger partial charge in [-0.2, -0.15) is 5.10 Å². The van der Waals surface area contributed by atoms with Crippen LogP contribution < -0.4 is 5.32 Å². The molecule has 1 aliphatic heterocycles. The van der Waals surface area contributed by atoms with Crippen LogP contribution in [0.1, 0.15) is 27.2 Å². The minimum absolute atomic E-state index is 0.0111. The number of nitro benzene ring substituents is 1. The van der Waals surface area contributed by atoms with Crippen molar-refractivity contribution in [3.05, 3.63) is 56.9 Å². The van der Waals surface area contributed by atoms with Gasteiger partial charge >= 0.3 is 0 Å². The van der Waals surface area contributed by atoms with Gasteiger partial charge in [-0.1, -0.05) is 0 Å². The van der Waals surface area contributed by atoms with Crippen molar-refractivity contribution in [3.63, 3.8) is 0 Å². The Balaban J connectivity index is 1.59. The number of nitrogens with zero attached hydrogens (tertiary/aromatic N) is 3. The molecule has 8 nitrogen and oxygen atoms in total. The molecular weight excluding hydrogens is 312 g/mol. The van der Waals surface area contributed by atoms with Gasteiger partial charge in [0.2, 0.25) is 0 Å². The summed E-state index contributed by atoms with van der Waals surface area (Å²) in [6.07, 6.45) is 2.63. The van der Waals surface area contributed by atoms with Gasteiger partial charge in [0.15, 0.2) is 0 Å². The first-order chi connectivity index (χ1) is 11.6. The average Bonchev–Trinajstić information content (AvgIpc) is 2.97. The zero-order valence-corrected chi connectivity index (χ0v) is 13.3. The Morgan fingerprint density at radius 2 is 2.33 bits per heavy atom. The number of carbonyl (C=O) groups is 1. The molecule has 0 aliphatic carbocycles. The molecule has 1 amide bonds. The van der Waals surface area contributed by atoms with Gasteiger partial charge in [-0.3, -0.25) is 19.6 Å². The smallest absolute Gasteiger partial charge is 0.272 e. The van der Waals surface area contributed by atoms with Crippen molar-refractivity contribution in [1.82, 2.24) is 15.1 Å². The number of fused-ring (bicyclic) bond motifs is 1. The first-order valence-corrected chi connectivity index (χ1v) is 7.71. The van der Waals surface area contributed by atoms with Gasteiger partial charge in [0.05, 0.1) is 30.9 Å². The van der Waals surface area contributed by atoms with Crippen LogP contribution in [0.15, 0.2) is 24.4 Å². The monoisotopic (exact) mass is 330 g/mol. The highest BCUT2D eigenvalue weighted by Crippen LogP contribution is 2.19. The number of nitro groups is 1. The molecule has 2 aromatic rings. The normalized spacial score (nSPS) is 13.4. The number of benzene rings is 1. The van der Waals surface area contributed by atoms with Crippen LogP contribution in [0.4, 0.5) is 5.69 Å². The third-order valence-electron chi connectivity index (χ3n) is 4.04. The number of hydrogen-bond donors (Lipinski definition) is 1. The Bertz CT molecular complexity index is 784. The lowest BCUT2D eigenvalue weighted by Gasteiger charge is -2.14. The highest BCUT2D eigenvalue weighted by atomic mass is 16.6. The lowest BCUT2D eigenvalue weighted by molar-refractivity contribution is -0.385. The molecule has 0 bridgehead atoms. The Labute approximate surface area is 138 Å². The van der Waals surface area contributed by atoms with Gasteiger partial charge in [-0.15, -0.1) is 0 Å². The fourth-order valence-electron chi connectivity index (χ4n) is 2.78. The van der Waals surface area contributed by atoms with Crippen molar-refractivity contribution in [2.45, 2.75) is 26.5 Å². The van der Waals surface area contributed by atoms with Crippen LogP contribution in [-0.2, 0) is 24.3 Å². The number of aryl methyl sites for hydroxylation is 1. The van der Waals surface area contributed by atoms with Gasteiger partial charge in [0.25, 0.3) is 11.6 Å². The van der Waals surface area contributed by atoms with E-state index in [1.54, 1.807) is 13.1 Å². The van der Waals surface area contributed by atoms with Crippen LogP contribution in [0.25, 0.3) is 0 Å². The number of ether oxygens (including phenoxy) is 1. The second kappa shape index (κ2) is 6.79. The molecule has 1 N–H and O–H groups in total. The van der Waals surface area contributed by atoms with E-state index in [0.29, 0.717) is 37.4 Å². The van der Waals surface area contributed by atoms with E-state index < -0.39 is 4.92 Å². The number of nitrogens with one attached hydrogen (secondary N) is 1. The molecule has 2 heterocycles. The molecule has 0 atom stereocenters. The highest BCUT2D eigenvalue weighted by molar-refractivity contribution is 5.94. The van der Waals surface area contributed by atoms with Gasteiger partial charge in [0, 0.05) is 41.4 Å². The Morgan fingerprint density at radius 1 is 1.50 bits per heavy atom. The molecule has 1 aliphatic rings. The summed E-state index contributed by atoms with van der Waals surface area (Å²) in [4.78, 5) is 22.5. The summed E-state index contributed by atoms with van der Waals surface area (Å²) in [7, 11) is 0. The van der Waals surface area contributed by atoms with Crippen molar-refractivity contribution in [2.24, 2.45) is 0 Å². The number of amides is 1. The predicted molar refractivity (Wildman–Crippen MR) is 85.8 cm³/mol. The van der Waals surface area contributed by atoms with Gasteiger partial charge < -0.3 is 10.1 Å². The molecule has 0 saturated heterocycles. The Morgan fingerprint density at radius 3 is 3.08 bits per heavy atom. The summed E-state index contributed by atoms with van der Waals surface area (Å²) < 4.78 is 7.26. The molecular formula is C16H18N4O4. The Kier molecular flexibility index (Phi) is 4.57. The van der Waals surface area contributed by atoms with E-state index in [9.17, 15) is 14.9 Å². The maximum absolute atomic E-state index is 12.2. The number of rotatable bonds is 5. The fourth-order valence-corrected chi connectivity index (χ4v) is 2.78. The molecule has 3 rings (SSSR count). The maximum atomic E-state index is 12.2. The van der Waals surface area contributed by atoms with Crippen LogP contribution in [-0.4, -0.2) is 33.8 Å². The van der Waals surface area contributed by atoms with E-state index in [1.807, 2.05) is 4.68 Å². The number of hydrogen-bond acceptors (Lipinski definition) is 5. The lowest BCUT2D eigenvalue weighted by atomic mass is 10.1. The Hall–Kier alpha value is -2.74. The van der Waals surface area contributed by atoms with Gasteiger partial charge in [-0.25, -0.2) is 0 Å². The van der Waals surface area contributed by atoms with Crippen LogP contribution >= 0.6 is 0 Å². The third-order valence-corrected chi connectivity index (χ3v) is 4.04. The van der Waals surface area contributed by atoms with E-state index in [-0.39, 0.29) is 11.6 Å². The minimum Gasteiger partial charge on any atom is -0.376 e. The molecule has 1 aromatic carbocycles. The molecule has 0 spiro atoms. The predicted octanol–water partition coefficient (Wildman–Crippen LogP) is 1.60. The second-order valence-electron chi connectivity index (χ2n) is 5.66. The summed E-state index contributed by atoms with van der Waals surface area (Å²) in [5.41, 5.74) is 3.14. The van der Waals surface area contributed by atoms with E-state index >= 15 is 0 Å². The van der Waals surface area contributed by atoms with Crippen molar-refractivity contribution < 1.29 is 14.5 Å². The number of aromatic nitrogens is 2. The molecule has 0 fully saturated rings. The summed E-state index contributed by atoms with van der Waals surface area (Å²) in [6, 6.07) is 4.35. The SMILES string of the molecule is Cc1cc(C(=O)NCCn2ncc3c2CCOC3)ccc1[N+](=O)[O-]. The molecule has 0 unspecified atom stereocenters. The molecule has 1 aromatic heterocycles. The van der Waals surface area contributed by atoms with Crippen LogP contribution in [0.5, 0.6) is 0 Å². The largest absolute Gasteiger partial charge is 0.376 e. The van der Waals surface area contributed by atoms with E-state index in [2.05, 4.69) is 10.4 Å². The average molecular weight is 330 g/mol. The second-order valence-corrected chi connectivity index (χ2v) is 5.66. The molecule has 8 heteroatoms. The van der Waals surface area contributed by atoms with E-state index in [1.165, 1.54) is 18.2 Å². The lowest BCUT2D eigenvalue weighted by Crippen LogP contribution is -2.28. The van der Waals surface area contributed by atoms with Crippen LogP contribution in [0, 0.1) is 17.0 Å². The highest BCUT2D eigenvalue weighted by Gasteiger charge is 2.16. The minimum atomic E-state index is -0.457. The van der Waals surface area contributed by atoms with Crippen molar-refractivity contribution >= 4 is 11.6 Å². The quantitative estimate of drug-likeness (QED) is 0.663. The van der Waals surface area contributed by atoms with Crippen molar-refractivity contribution in [3.8, 4) is 0 Å². The standard InChI is InChI=1S/C16H18N4O4/c1-11-8-12(2-3-14(11)20(22)23)16(21)17-5-6-19-15-4-7-24-10-13(15)9-18-19/h2-3,8-9H,4-7,10H2,1H3,(H,17,21). The van der Waals surface area contributed by atoms with Gasteiger partial charge in [0.1, 0.15) is 0 Å². The summed E-state index contributed by atoms with van der Waals surface area (Å²) in [5.74, 6) is -0.252. The van der Waals surface area contributed by atoms with Gasteiger partial charge in [-0.05, 0) is 19.1 Å². The van der Waals surface area contributed by atoms with E-state index in [0.717, 1.165) is 17.7 Å².